The molecule has 0 amide bonds. The highest BCUT2D eigenvalue weighted by molar-refractivity contribution is 7.92. The quantitative estimate of drug-likeness (QED) is 0.769. The van der Waals surface area contributed by atoms with Gasteiger partial charge in [-0.15, -0.1) is 0 Å². The summed E-state index contributed by atoms with van der Waals surface area (Å²) in [7, 11) is -3.24. The van der Waals surface area contributed by atoms with Gasteiger partial charge in [0.25, 0.3) is 0 Å². The van der Waals surface area contributed by atoms with Crippen molar-refractivity contribution in [2.24, 2.45) is 11.7 Å². The molecule has 0 unspecified atom stereocenters. The van der Waals surface area contributed by atoms with Crippen LogP contribution in [0.4, 0.5) is 5.69 Å². The number of sulfonamides is 1. The Morgan fingerprint density at radius 1 is 1.32 bits per heavy atom. The number of hydrogen-bond donors (Lipinski definition) is 2. The molecular weight excluding hydrogens is 260 g/mol. The second-order valence-electron chi connectivity index (χ2n) is 5.20. The van der Waals surface area contributed by atoms with Crippen molar-refractivity contribution in [3.63, 3.8) is 0 Å². The zero-order valence-corrected chi connectivity index (χ0v) is 12.5. The smallest absolute Gasteiger partial charge is 0.232 e. The highest BCUT2D eigenvalue weighted by atomic mass is 32.2. The van der Waals surface area contributed by atoms with Crippen molar-refractivity contribution in [3.05, 3.63) is 29.8 Å². The van der Waals surface area contributed by atoms with Crippen LogP contribution in [0.3, 0.4) is 0 Å². The van der Waals surface area contributed by atoms with Crippen molar-refractivity contribution in [1.82, 2.24) is 0 Å². The van der Waals surface area contributed by atoms with E-state index in [2.05, 4.69) is 4.72 Å². The van der Waals surface area contributed by atoms with Crippen LogP contribution < -0.4 is 10.5 Å². The monoisotopic (exact) mass is 284 g/mol. The lowest BCUT2D eigenvalue weighted by Crippen LogP contribution is -2.18. The van der Waals surface area contributed by atoms with Crippen LogP contribution in [0.25, 0.3) is 0 Å². The molecule has 0 spiro atoms. The fourth-order valence-corrected chi connectivity index (χ4v) is 3.09. The van der Waals surface area contributed by atoms with Gasteiger partial charge >= 0.3 is 0 Å². The van der Waals surface area contributed by atoms with E-state index in [0.29, 0.717) is 24.6 Å². The Labute approximate surface area is 116 Å². The molecule has 1 aromatic rings. The number of aryl methyl sites for hydroxylation is 1. The summed E-state index contributed by atoms with van der Waals surface area (Å²) in [6.07, 6.45) is 2.45. The van der Waals surface area contributed by atoms with E-state index in [-0.39, 0.29) is 5.75 Å². The van der Waals surface area contributed by atoms with Crippen molar-refractivity contribution < 1.29 is 8.42 Å². The molecule has 0 aliphatic carbocycles. The Bertz CT molecular complexity index is 484. The lowest BCUT2D eigenvalue weighted by molar-refractivity contribution is 0.578. The maximum atomic E-state index is 11.9. The van der Waals surface area contributed by atoms with Crippen LogP contribution in [-0.2, 0) is 16.4 Å². The molecule has 3 N–H and O–H groups in total. The van der Waals surface area contributed by atoms with E-state index < -0.39 is 10.0 Å². The largest absolute Gasteiger partial charge is 0.330 e. The number of hydrogen-bond acceptors (Lipinski definition) is 3. The van der Waals surface area contributed by atoms with Gasteiger partial charge in [0.05, 0.1) is 5.75 Å². The number of anilines is 1. The van der Waals surface area contributed by atoms with Crippen LogP contribution in [0, 0.1) is 5.92 Å². The maximum absolute atomic E-state index is 11.9. The van der Waals surface area contributed by atoms with E-state index in [1.807, 2.05) is 32.0 Å². The van der Waals surface area contributed by atoms with Crippen molar-refractivity contribution in [1.29, 1.82) is 0 Å². The molecule has 0 aromatic heterocycles. The summed E-state index contributed by atoms with van der Waals surface area (Å²) in [4.78, 5) is 0. The summed E-state index contributed by atoms with van der Waals surface area (Å²) in [5.41, 5.74) is 7.22. The molecule has 0 fully saturated rings. The van der Waals surface area contributed by atoms with Crippen LogP contribution in [-0.4, -0.2) is 20.7 Å². The van der Waals surface area contributed by atoms with Crippen molar-refractivity contribution >= 4 is 15.7 Å². The van der Waals surface area contributed by atoms with Crippen LogP contribution >= 0.6 is 0 Å². The minimum atomic E-state index is -3.24. The zero-order valence-electron chi connectivity index (χ0n) is 11.7. The molecule has 0 saturated heterocycles. The first kappa shape index (κ1) is 16.0. The molecule has 0 aliphatic heterocycles. The number of nitrogens with one attached hydrogen (secondary N) is 1. The minimum Gasteiger partial charge on any atom is -0.330 e. The van der Waals surface area contributed by atoms with Gasteiger partial charge in [0.1, 0.15) is 0 Å². The summed E-state index contributed by atoms with van der Waals surface area (Å²) < 4.78 is 26.4. The van der Waals surface area contributed by atoms with Gasteiger partial charge in [0.2, 0.25) is 10.0 Å². The van der Waals surface area contributed by atoms with E-state index in [4.69, 9.17) is 5.73 Å². The third-order valence-corrected chi connectivity index (χ3v) is 4.15. The predicted octanol–water partition coefficient (Wildman–Crippen LogP) is 2.37. The molecule has 5 heteroatoms. The van der Waals surface area contributed by atoms with Crippen molar-refractivity contribution in [2.75, 3.05) is 17.0 Å². The second kappa shape index (κ2) is 7.50. The highest BCUT2D eigenvalue weighted by Crippen LogP contribution is 2.14. The molecule has 1 aromatic carbocycles. The van der Waals surface area contributed by atoms with Crippen LogP contribution in [0.2, 0.25) is 0 Å². The van der Waals surface area contributed by atoms with Crippen LogP contribution in [0.1, 0.15) is 32.3 Å². The van der Waals surface area contributed by atoms with Crippen molar-refractivity contribution in [2.45, 2.75) is 33.1 Å². The highest BCUT2D eigenvalue weighted by Gasteiger charge is 2.11. The third-order valence-electron chi connectivity index (χ3n) is 2.83. The molecule has 0 heterocycles. The first-order chi connectivity index (χ1) is 8.93. The third kappa shape index (κ3) is 6.59. The summed E-state index contributed by atoms with van der Waals surface area (Å²) in [6, 6.07) is 7.51. The number of benzene rings is 1. The topological polar surface area (TPSA) is 72.2 Å². The molecule has 0 atom stereocenters. The van der Waals surface area contributed by atoms with Gasteiger partial charge in [0, 0.05) is 5.69 Å². The van der Waals surface area contributed by atoms with Gasteiger partial charge in [-0.3, -0.25) is 4.72 Å². The van der Waals surface area contributed by atoms with Crippen molar-refractivity contribution in [3.8, 4) is 0 Å². The van der Waals surface area contributed by atoms with Gasteiger partial charge in [-0.1, -0.05) is 26.0 Å². The molecule has 0 bridgehead atoms. The maximum Gasteiger partial charge on any atom is 0.232 e. The summed E-state index contributed by atoms with van der Waals surface area (Å²) in [6.45, 7) is 4.68. The fraction of sp³-hybridized carbons (Fsp3) is 0.571. The van der Waals surface area contributed by atoms with Gasteiger partial charge in [0.15, 0.2) is 0 Å². The lowest BCUT2D eigenvalue weighted by atomic mass is 10.1. The predicted molar refractivity (Wildman–Crippen MR) is 80.7 cm³/mol. The number of nitrogens with two attached hydrogens (primary N) is 1. The Kier molecular flexibility index (Phi) is 6.31. The average Bonchev–Trinajstić information content (AvgIpc) is 2.34. The molecule has 108 valence electrons. The Morgan fingerprint density at radius 2 is 2.05 bits per heavy atom. The molecular formula is C14H24N2O2S. The molecule has 1 rings (SSSR count). The van der Waals surface area contributed by atoms with Gasteiger partial charge in [-0.05, 0) is 49.4 Å². The molecule has 0 saturated carbocycles. The Morgan fingerprint density at radius 3 is 2.68 bits per heavy atom. The van der Waals surface area contributed by atoms with Gasteiger partial charge in [-0.25, -0.2) is 8.42 Å². The molecule has 19 heavy (non-hydrogen) atoms. The van der Waals surface area contributed by atoms with E-state index in [1.165, 1.54) is 0 Å². The standard InChI is InChI=1S/C14H24N2O2S/c1-12(2)8-10-19(17,18)16-14-7-3-5-13(11-14)6-4-9-15/h3,5,7,11-12,16H,4,6,8-10,15H2,1-2H3. The van der Waals surface area contributed by atoms with Gasteiger partial charge < -0.3 is 5.73 Å². The summed E-state index contributed by atoms with van der Waals surface area (Å²) in [5.74, 6) is 0.546. The SMILES string of the molecule is CC(C)CCS(=O)(=O)Nc1cccc(CCCN)c1. The molecule has 0 aliphatic rings. The van der Waals surface area contributed by atoms with E-state index >= 15 is 0 Å². The van der Waals surface area contributed by atoms with E-state index in [0.717, 1.165) is 18.4 Å². The normalized spacial score (nSPS) is 11.8. The first-order valence-corrected chi connectivity index (χ1v) is 8.37. The average molecular weight is 284 g/mol. The number of rotatable bonds is 8. The van der Waals surface area contributed by atoms with E-state index in [1.54, 1.807) is 6.07 Å². The summed E-state index contributed by atoms with van der Waals surface area (Å²) >= 11 is 0. The molecule has 0 radical (unpaired) electrons. The molecule has 4 nitrogen and oxygen atoms in total. The Hall–Kier alpha value is -1.07. The fourth-order valence-electron chi connectivity index (χ4n) is 1.72. The first-order valence-electron chi connectivity index (χ1n) is 6.72. The zero-order chi connectivity index (χ0) is 14.3. The van der Waals surface area contributed by atoms with Crippen LogP contribution in [0.5, 0.6) is 0 Å². The second-order valence-corrected chi connectivity index (χ2v) is 7.04. The van der Waals surface area contributed by atoms with Gasteiger partial charge in [-0.2, -0.15) is 0 Å². The minimum absolute atomic E-state index is 0.164. The van der Waals surface area contributed by atoms with E-state index in [9.17, 15) is 8.42 Å². The summed E-state index contributed by atoms with van der Waals surface area (Å²) in [5, 5.41) is 0. The lowest BCUT2D eigenvalue weighted by Gasteiger charge is -2.10. The van der Waals surface area contributed by atoms with Crippen LogP contribution in [0.15, 0.2) is 24.3 Å². The Balaban J connectivity index is 2.65.